The smallest absolute Gasteiger partial charge is 0.252 e. The zero-order valence-electron chi connectivity index (χ0n) is 16.3. The number of rotatable bonds is 7. The lowest BCUT2D eigenvalue weighted by atomic mass is 10.1. The number of benzene rings is 1. The highest BCUT2D eigenvalue weighted by atomic mass is 19.1. The van der Waals surface area contributed by atoms with E-state index < -0.39 is 23.7 Å². The van der Waals surface area contributed by atoms with E-state index in [0.717, 1.165) is 29.8 Å². The Morgan fingerprint density at radius 3 is 2.67 bits per heavy atom. The minimum Gasteiger partial charge on any atom is -0.368 e. The van der Waals surface area contributed by atoms with Crippen LogP contribution in [-0.2, 0) is 4.79 Å². The van der Waals surface area contributed by atoms with E-state index in [9.17, 15) is 14.0 Å². The molecule has 0 saturated heterocycles. The molecule has 5 N–H and O–H groups in total. The van der Waals surface area contributed by atoms with Gasteiger partial charge in [-0.1, -0.05) is 6.07 Å². The number of nitrogens with zero attached hydrogens (tertiary/aromatic N) is 3. The van der Waals surface area contributed by atoms with E-state index in [1.807, 2.05) is 24.3 Å². The summed E-state index contributed by atoms with van der Waals surface area (Å²) >= 11 is 0. The van der Waals surface area contributed by atoms with Gasteiger partial charge in [-0.15, -0.1) is 0 Å². The molecule has 154 valence electrons. The van der Waals surface area contributed by atoms with Gasteiger partial charge in [0.1, 0.15) is 11.9 Å². The van der Waals surface area contributed by atoms with Crippen molar-refractivity contribution in [3.05, 3.63) is 54.0 Å². The van der Waals surface area contributed by atoms with Gasteiger partial charge in [0.05, 0.1) is 11.1 Å². The Kier molecular flexibility index (Phi) is 4.94. The van der Waals surface area contributed by atoms with E-state index >= 15 is 0 Å². The van der Waals surface area contributed by atoms with Crippen molar-refractivity contribution < 1.29 is 14.0 Å². The van der Waals surface area contributed by atoms with Gasteiger partial charge in [0.15, 0.2) is 11.6 Å². The molecule has 2 aromatic heterocycles. The molecule has 2 amide bonds. The summed E-state index contributed by atoms with van der Waals surface area (Å²) in [5, 5.41) is 3.91. The van der Waals surface area contributed by atoms with Gasteiger partial charge in [-0.25, -0.2) is 9.37 Å². The zero-order chi connectivity index (χ0) is 21.4. The molecule has 1 aliphatic carbocycles. The molecular weight excluding hydrogens is 387 g/mol. The van der Waals surface area contributed by atoms with Crippen LogP contribution in [0.2, 0.25) is 0 Å². The quantitative estimate of drug-likeness (QED) is 0.551. The third kappa shape index (κ3) is 3.73. The Morgan fingerprint density at radius 2 is 2.00 bits per heavy atom. The summed E-state index contributed by atoms with van der Waals surface area (Å²) in [5.74, 6) is -2.06. The Bertz CT molecular complexity index is 1150. The third-order valence-electron chi connectivity index (χ3n) is 5.20. The van der Waals surface area contributed by atoms with Crippen LogP contribution >= 0.6 is 0 Å². The van der Waals surface area contributed by atoms with Gasteiger partial charge < -0.3 is 21.7 Å². The average Bonchev–Trinajstić information content (AvgIpc) is 3.53. The Balaban J connectivity index is 1.74. The van der Waals surface area contributed by atoms with Crippen molar-refractivity contribution in [3.63, 3.8) is 0 Å². The molecule has 8 nitrogen and oxygen atoms in total. The van der Waals surface area contributed by atoms with Crippen molar-refractivity contribution in [2.75, 3.05) is 17.3 Å². The van der Waals surface area contributed by atoms with Crippen LogP contribution in [0.3, 0.4) is 0 Å². The fourth-order valence-corrected chi connectivity index (χ4v) is 3.58. The van der Waals surface area contributed by atoms with E-state index in [1.165, 1.54) is 4.90 Å². The summed E-state index contributed by atoms with van der Waals surface area (Å²) in [6.45, 7) is 0. The van der Waals surface area contributed by atoms with E-state index in [-0.39, 0.29) is 23.1 Å². The molecule has 30 heavy (non-hydrogen) atoms. The molecule has 1 aliphatic rings. The number of primary amides is 2. The molecule has 0 radical (unpaired) electrons. The average molecular weight is 408 g/mol. The minimum atomic E-state index is -0.825. The Labute approximate surface area is 172 Å². The molecule has 1 fully saturated rings. The topological polar surface area (TPSA) is 127 Å². The number of hydrogen-bond acceptors (Lipinski definition) is 6. The number of nitrogens with one attached hydrogen (secondary N) is 1. The molecule has 0 aliphatic heterocycles. The number of carbonyl (C=O) groups is 2. The van der Waals surface area contributed by atoms with Crippen LogP contribution in [0.15, 0.2) is 42.6 Å². The number of nitrogens with two attached hydrogens (primary N) is 2. The first-order chi connectivity index (χ1) is 14.3. The number of carbonyl (C=O) groups excluding carboxylic acids is 2. The lowest BCUT2D eigenvalue weighted by Gasteiger charge is -2.27. The van der Waals surface area contributed by atoms with E-state index in [1.54, 1.807) is 19.3 Å². The maximum Gasteiger partial charge on any atom is 0.252 e. The van der Waals surface area contributed by atoms with Crippen molar-refractivity contribution in [1.82, 2.24) is 9.97 Å². The molecule has 9 heteroatoms. The second-order valence-electron chi connectivity index (χ2n) is 7.39. The highest BCUT2D eigenvalue weighted by molar-refractivity contribution is 5.99. The maximum atomic E-state index is 14.8. The summed E-state index contributed by atoms with van der Waals surface area (Å²) < 4.78 is 14.8. The molecule has 1 aromatic carbocycles. The van der Waals surface area contributed by atoms with Crippen LogP contribution in [0.5, 0.6) is 0 Å². The van der Waals surface area contributed by atoms with Gasteiger partial charge in [0.25, 0.3) is 5.91 Å². The first-order valence-electron chi connectivity index (χ1n) is 9.49. The number of aromatic nitrogens is 2. The number of halogens is 1. The molecule has 3 aromatic rings. The van der Waals surface area contributed by atoms with Gasteiger partial charge >= 0.3 is 0 Å². The van der Waals surface area contributed by atoms with Crippen LogP contribution in [0.4, 0.5) is 21.7 Å². The summed E-state index contributed by atoms with van der Waals surface area (Å²) in [6.07, 6.45) is 3.38. The highest BCUT2D eigenvalue weighted by Crippen LogP contribution is 2.37. The molecule has 1 saturated carbocycles. The fraction of sp³-hybridized carbons (Fsp3) is 0.238. The molecule has 1 unspecified atom stereocenters. The van der Waals surface area contributed by atoms with Crippen LogP contribution in [0.25, 0.3) is 10.9 Å². The summed E-state index contributed by atoms with van der Waals surface area (Å²) in [6, 6.07) is 9.47. The van der Waals surface area contributed by atoms with Gasteiger partial charge in [-0.05, 0) is 49.1 Å². The van der Waals surface area contributed by atoms with E-state index in [0.29, 0.717) is 5.69 Å². The number of fused-ring (bicyclic) bond motifs is 1. The summed E-state index contributed by atoms with van der Waals surface area (Å²) in [4.78, 5) is 33.8. The van der Waals surface area contributed by atoms with Crippen molar-refractivity contribution in [3.8, 4) is 0 Å². The number of anilines is 3. The highest BCUT2D eigenvalue weighted by Gasteiger charge is 2.39. The molecular formula is C21H21FN6O2. The van der Waals surface area contributed by atoms with Crippen LogP contribution in [-0.4, -0.2) is 34.9 Å². The molecule has 1 atom stereocenters. The number of hydrogen-bond donors (Lipinski definition) is 3. The Morgan fingerprint density at radius 1 is 1.23 bits per heavy atom. The second-order valence-corrected chi connectivity index (χ2v) is 7.39. The fourth-order valence-electron chi connectivity index (χ4n) is 3.58. The lowest BCUT2D eigenvalue weighted by Crippen LogP contribution is -2.45. The van der Waals surface area contributed by atoms with Crippen LogP contribution in [0.1, 0.15) is 23.2 Å². The van der Waals surface area contributed by atoms with Crippen LogP contribution < -0.4 is 21.7 Å². The molecule has 0 spiro atoms. The van der Waals surface area contributed by atoms with E-state index in [4.69, 9.17) is 11.5 Å². The monoisotopic (exact) mass is 408 g/mol. The number of likely N-dealkylation sites (N-methyl/N-ethyl adjacent to an activating group) is 1. The van der Waals surface area contributed by atoms with Crippen molar-refractivity contribution in [2.24, 2.45) is 17.4 Å². The van der Waals surface area contributed by atoms with Gasteiger partial charge in [0.2, 0.25) is 5.91 Å². The molecule has 4 rings (SSSR count). The minimum absolute atomic E-state index is 0.0638. The molecule has 0 bridgehead atoms. The van der Waals surface area contributed by atoms with Crippen LogP contribution in [0, 0.1) is 11.7 Å². The molecule has 2 heterocycles. The van der Waals surface area contributed by atoms with Crippen molar-refractivity contribution in [2.45, 2.75) is 18.9 Å². The largest absolute Gasteiger partial charge is 0.368 e. The van der Waals surface area contributed by atoms with Gasteiger partial charge in [-0.3, -0.25) is 14.6 Å². The zero-order valence-corrected chi connectivity index (χ0v) is 16.3. The predicted molar refractivity (Wildman–Crippen MR) is 112 cm³/mol. The SMILES string of the molecule is CN(c1nc(Nc2ccc3ncccc3c2)c(C(N)=O)cc1F)C(C(N)=O)C1CC1. The van der Waals surface area contributed by atoms with Crippen molar-refractivity contribution in [1.29, 1.82) is 0 Å². The number of pyridine rings is 2. The Hall–Kier alpha value is -3.75. The van der Waals surface area contributed by atoms with Crippen molar-refractivity contribution >= 4 is 40.0 Å². The maximum absolute atomic E-state index is 14.8. The third-order valence-corrected chi connectivity index (χ3v) is 5.20. The second kappa shape index (κ2) is 7.58. The standard InChI is InChI=1S/C21H21FN6O2/c1-28(17(19(24)30)11-4-5-11)21-15(22)10-14(18(23)29)20(27-21)26-13-6-7-16-12(9-13)3-2-8-25-16/h2-3,6-11,17H,4-5H2,1H3,(H2,23,29)(H2,24,30)(H,26,27). The van der Waals surface area contributed by atoms with Gasteiger partial charge in [0, 0.05) is 24.3 Å². The normalized spacial score (nSPS) is 14.3. The first kappa shape index (κ1) is 19.6. The predicted octanol–water partition coefficient (Wildman–Crippen LogP) is 2.31. The van der Waals surface area contributed by atoms with Gasteiger partial charge in [-0.2, -0.15) is 0 Å². The first-order valence-corrected chi connectivity index (χ1v) is 9.49. The lowest BCUT2D eigenvalue weighted by molar-refractivity contribution is -0.119. The summed E-state index contributed by atoms with van der Waals surface area (Å²) in [5.41, 5.74) is 12.3. The summed E-state index contributed by atoms with van der Waals surface area (Å²) in [7, 11) is 1.56. The number of amides is 2. The van der Waals surface area contributed by atoms with E-state index in [2.05, 4.69) is 15.3 Å².